The van der Waals surface area contributed by atoms with E-state index in [-0.39, 0.29) is 30.2 Å². The Balaban J connectivity index is 1.57. The van der Waals surface area contributed by atoms with Crippen LogP contribution in [0.15, 0.2) is 72.8 Å². The lowest BCUT2D eigenvalue weighted by atomic mass is 9.94. The summed E-state index contributed by atoms with van der Waals surface area (Å²) in [6.07, 6.45) is 5.55. The Labute approximate surface area is 244 Å². The Hall–Kier alpha value is -2.54. The van der Waals surface area contributed by atoms with Crippen LogP contribution in [-0.2, 0) is 28.3 Å². The summed E-state index contributed by atoms with van der Waals surface area (Å²) in [4.78, 5) is 29.1. The van der Waals surface area contributed by atoms with Crippen LogP contribution >= 0.6 is 35.0 Å². The molecule has 8 heteroatoms. The fraction of sp³-hybridized carbons (Fsp3) is 0.355. The van der Waals surface area contributed by atoms with Crippen molar-refractivity contribution in [2.24, 2.45) is 0 Å². The average molecular weight is 588 g/mol. The molecule has 3 aromatic carbocycles. The van der Waals surface area contributed by atoms with Gasteiger partial charge in [-0.2, -0.15) is 0 Å². The first kappa shape index (κ1) is 29.4. The van der Waals surface area contributed by atoms with Gasteiger partial charge in [-0.25, -0.2) is 4.39 Å². The third-order valence-electron chi connectivity index (χ3n) is 7.00. The van der Waals surface area contributed by atoms with E-state index in [0.29, 0.717) is 27.8 Å². The van der Waals surface area contributed by atoms with Crippen molar-refractivity contribution in [1.29, 1.82) is 0 Å². The molecule has 4 nitrogen and oxygen atoms in total. The van der Waals surface area contributed by atoms with E-state index < -0.39 is 11.9 Å². The molecule has 1 atom stereocenters. The van der Waals surface area contributed by atoms with Gasteiger partial charge in [-0.05, 0) is 42.2 Å². The standard InChI is InChI=1S/C31H33Cl2FN2O2S/c32-26-16-15-23(17-27(26)33)20-39-21-30(37)36(19-24-11-7-8-14-28(24)34)29(18-22-9-3-1-4-10-22)31(38)35-25-12-5-2-6-13-25/h1,3-4,7-11,14-17,25,29H,2,5-6,12-13,18-21H2,(H,35,38)/t29-/m0/s1. The molecule has 39 heavy (non-hydrogen) atoms. The number of hydrogen-bond donors (Lipinski definition) is 1. The highest BCUT2D eigenvalue weighted by molar-refractivity contribution is 7.99. The van der Waals surface area contributed by atoms with Gasteiger partial charge in [0.05, 0.1) is 15.8 Å². The van der Waals surface area contributed by atoms with Crippen molar-refractivity contribution in [2.45, 2.75) is 62.9 Å². The largest absolute Gasteiger partial charge is 0.352 e. The molecule has 0 radical (unpaired) electrons. The molecule has 0 spiro atoms. The van der Waals surface area contributed by atoms with E-state index in [9.17, 15) is 14.0 Å². The minimum atomic E-state index is -0.771. The Bertz CT molecular complexity index is 1250. The summed E-state index contributed by atoms with van der Waals surface area (Å²) in [7, 11) is 0. The lowest BCUT2D eigenvalue weighted by Crippen LogP contribution is -2.53. The van der Waals surface area contributed by atoms with Crippen molar-refractivity contribution in [1.82, 2.24) is 10.2 Å². The SMILES string of the molecule is O=C(NC1CCCCC1)[C@H](Cc1ccccc1)N(Cc1ccccc1F)C(=O)CSCc1ccc(Cl)c(Cl)c1. The summed E-state index contributed by atoms with van der Waals surface area (Å²) in [6, 6.07) is 20.8. The second-order valence-electron chi connectivity index (χ2n) is 9.90. The molecule has 3 aromatic rings. The van der Waals surface area contributed by atoms with Crippen LogP contribution in [0.1, 0.15) is 48.8 Å². The summed E-state index contributed by atoms with van der Waals surface area (Å²) in [5.74, 6) is -0.123. The average Bonchev–Trinajstić information content (AvgIpc) is 2.94. The van der Waals surface area contributed by atoms with Crippen molar-refractivity contribution in [3.63, 3.8) is 0 Å². The number of amides is 2. The molecule has 2 amide bonds. The van der Waals surface area contributed by atoms with Crippen LogP contribution in [0.2, 0.25) is 10.0 Å². The van der Waals surface area contributed by atoms with Crippen LogP contribution in [0.3, 0.4) is 0 Å². The van der Waals surface area contributed by atoms with E-state index in [4.69, 9.17) is 23.2 Å². The van der Waals surface area contributed by atoms with E-state index in [2.05, 4.69) is 5.32 Å². The number of carbonyl (C=O) groups excluding carboxylic acids is 2. The van der Waals surface area contributed by atoms with Gasteiger partial charge in [0.25, 0.3) is 0 Å². The van der Waals surface area contributed by atoms with Crippen LogP contribution in [-0.4, -0.2) is 34.6 Å². The van der Waals surface area contributed by atoms with Gasteiger partial charge in [0.2, 0.25) is 11.8 Å². The van der Waals surface area contributed by atoms with E-state index >= 15 is 0 Å². The lowest BCUT2D eigenvalue weighted by Gasteiger charge is -2.33. The zero-order chi connectivity index (χ0) is 27.6. The highest BCUT2D eigenvalue weighted by Gasteiger charge is 2.32. The van der Waals surface area contributed by atoms with E-state index in [1.807, 2.05) is 36.4 Å². The maximum Gasteiger partial charge on any atom is 0.243 e. The van der Waals surface area contributed by atoms with Gasteiger partial charge in [-0.3, -0.25) is 9.59 Å². The zero-order valence-corrected chi connectivity index (χ0v) is 24.1. The number of benzene rings is 3. The first-order valence-electron chi connectivity index (χ1n) is 13.3. The smallest absolute Gasteiger partial charge is 0.243 e. The molecule has 0 unspecified atom stereocenters. The van der Waals surface area contributed by atoms with E-state index in [1.54, 1.807) is 35.2 Å². The predicted octanol–water partition coefficient (Wildman–Crippen LogP) is 7.45. The second kappa shape index (κ2) is 14.7. The maximum atomic E-state index is 14.8. The van der Waals surface area contributed by atoms with Crippen LogP contribution in [0.4, 0.5) is 4.39 Å². The summed E-state index contributed by atoms with van der Waals surface area (Å²) in [5, 5.41) is 4.15. The minimum absolute atomic E-state index is 0.00836. The topological polar surface area (TPSA) is 49.4 Å². The van der Waals surface area contributed by atoms with Crippen LogP contribution in [0, 0.1) is 5.82 Å². The summed E-state index contributed by atoms with van der Waals surface area (Å²) < 4.78 is 14.8. The summed E-state index contributed by atoms with van der Waals surface area (Å²) in [5.41, 5.74) is 2.26. The second-order valence-corrected chi connectivity index (χ2v) is 11.7. The maximum absolute atomic E-state index is 14.8. The summed E-state index contributed by atoms with van der Waals surface area (Å²) >= 11 is 13.6. The molecule has 0 heterocycles. The Morgan fingerprint density at radius 3 is 2.36 bits per heavy atom. The molecule has 206 valence electrons. The number of rotatable bonds is 11. The fourth-order valence-electron chi connectivity index (χ4n) is 4.88. The van der Waals surface area contributed by atoms with Gasteiger partial charge >= 0.3 is 0 Å². The third-order valence-corrected chi connectivity index (χ3v) is 8.73. The molecule has 1 aliphatic carbocycles. The van der Waals surface area contributed by atoms with Gasteiger partial charge in [0, 0.05) is 30.3 Å². The Morgan fingerprint density at radius 2 is 1.64 bits per heavy atom. The van der Waals surface area contributed by atoms with Crippen molar-refractivity contribution >= 4 is 46.8 Å². The van der Waals surface area contributed by atoms with Gasteiger partial charge in [-0.15, -0.1) is 11.8 Å². The Kier molecular flexibility index (Phi) is 11.1. The molecular weight excluding hydrogens is 554 g/mol. The molecule has 1 N–H and O–H groups in total. The molecule has 1 aliphatic rings. The number of halogens is 3. The van der Waals surface area contributed by atoms with Gasteiger partial charge < -0.3 is 10.2 Å². The molecule has 0 saturated heterocycles. The highest BCUT2D eigenvalue weighted by Crippen LogP contribution is 2.26. The Morgan fingerprint density at radius 1 is 0.923 bits per heavy atom. The number of nitrogens with zero attached hydrogens (tertiary/aromatic N) is 1. The van der Waals surface area contributed by atoms with Gasteiger partial charge in [-0.1, -0.05) is 97.1 Å². The summed E-state index contributed by atoms with van der Waals surface area (Å²) in [6.45, 7) is 0.00836. The minimum Gasteiger partial charge on any atom is -0.352 e. The van der Waals surface area contributed by atoms with Crippen molar-refractivity contribution in [3.8, 4) is 0 Å². The van der Waals surface area contributed by atoms with Crippen molar-refractivity contribution in [3.05, 3.63) is 105 Å². The van der Waals surface area contributed by atoms with Crippen molar-refractivity contribution < 1.29 is 14.0 Å². The number of thioether (sulfide) groups is 1. The molecule has 1 fully saturated rings. The molecule has 0 aliphatic heterocycles. The van der Waals surface area contributed by atoms with Crippen LogP contribution < -0.4 is 5.32 Å². The zero-order valence-electron chi connectivity index (χ0n) is 21.8. The monoisotopic (exact) mass is 586 g/mol. The normalized spacial score (nSPS) is 14.5. The van der Waals surface area contributed by atoms with E-state index in [1.165, 1.54) is 24.2 Å². The van der Waals surface area contributed by atoms with Crippen LogP contribution in [0.25, 0.3) is 0 Å². The first-order chi connectivity index (χ1) is 18.9. The van der Waals surface area contributed by atoms with E-state index in [0.717, 1.165) is 36.8 Å². The van der Waals surface area contributed by atoms with Gasteiger partial charge in [0.15, 0.2) is 0 Å². The number of carbonyl (C=O) groups is 2. The molecule has 0 bridgehead atoms. The van der Waals surface area contributed by atoms with Gasteiger partial charge in [0.1, 0.15) is 11.9 Å². The number of nitrogens with one attached hydrogen (secondary N) is 1. The predicted molar refractivity (Wildman–Crippen MR) is 159 cm³/mol. The quantitative estimate of drug-likeness (QED) is 0.254. The lowest BCUT2D eigenvalue weighted by molar-refractivity contribution is -0.139. The molecule has 0 aromatic heterocycles. The number of hydrogen-bond acceptors (Lipinski definition) is 3. The third kappa shape index (κ3) is 8.72. The molecular formula is C31H33Cl2FN2O2S. The van der Waals surface area contributed by atoms with Crippen LogP contribution in [0.5, 0.6) is 0 Å². The van der Waals surface area contributed by atoms with Crippen molar-refractivity contribution in [2.75, 3.05) is 5.75 Å². The highest BCUT2D eigenvalue weighted by atomic mass is 35.5. The molecule has 4 rings (SSSR count). The fourth-order valence-corrected chi connectivity index (χ4v) is 6.06. The first-order valence-corrected chi connectivity index (χ1v) is 15.2. The molecule has 1 saturated carbocycles.